The minimum atomic E-state index is -0.894. The molecule has 0 atom stereocenters. The van der Waals surface area contributed by atoms with Crippen LogP contribution in [0.4, 0.5) is 0 Å². The molecule has 0 saturated carbocycles. The van der Waals surface area contributed by atoms with Gasteiger partial charge in [0.1, 0.15) is 0 Å². The molecule has 0 heterocycles. The molecule has 0 spiro atoms. The summed E-state index contributed by atoms with van der Waals surface area (Å²) < 4.78 is 13.4. The Morgan fingerprint density at radius 2 is 1.67 bits per heavy atom. The van der Waals surface area contributed by atoms with Gasteiger partial charge in [-0.2, -0.15) is 0 Å². The van der Waals surface area contributed by atoms with E-state index in [2.05, 4.69) is 38.5 Å². The number of hydrogen-bond donors (Lipinski definition) is 0. The van der Waals surface area contributed by atoms with Crippen molar-refractivity contribution in [1.82, 2.24) is 0 Å². The molecule has 82 valence electrons. The van der Waals surface area contributed by atoms with Crippen LogP contribution in [0.25, 0.3) is 11.1 Å². The highest BCUT2D eigenvalue weighted by Crippen LogP contribution is 2.32. The molecule has 0 aromatic rings. The van der Waals surface area contributed by atoms with Crippen molar-refractivity contribution < 1.29 is 19.0 Å². The van der Waals surface area contributed by atoms with Crippen molar-refractivity contribution in [3.63, 3.8) is 0 Å². The van der Waals surface area contributed by atoms with Crippen LogP contribution in [0.15, 0.2) is 24.3 Å². The van der Waals surface area contributed by atoms with Crippen molar-refractivity contribution in [2.45, 2.75) is 6.29 Å². The van der Waals surface area contributed by atoms with Crippen molar-refractivity contribution in [3.05, 3.63) is 24.3 Å². The zero-order valence-electron chi connectivity index (χ0n) is 9.02. The van der Waals surface area contributed by atoms with Crippen LogP contribution in [0.2, 0.25) is 0 Å². The van der Waals surface area contributed by atoms with E-state index in [9.17, 15) is 4.79 Å². The van der Waals surface area contributed by atoms with E-state index in [1.54, 1.807) is 0 Å². The van der Waals surface area contributed by atoms with Crippen LogP contribution in [0.3, 0.4) is 0 Å². The van der Waals surface area contributed by atoms with Crippen LogP contribution in [-0.2, 0) is 19.0 Å². The predicted molar refractivity (Wildman–Crippen MR) is 55.3 cm³/mol. The molecule has 4 heteroatoms. The summed E-state index contributed by atoms with van der Waals surface area (Å²) in [6.45, 7) is 0. The maximum Gasteiger partial charge on any atom is 0.363 e. The number of esters is 1. The molecular formula is C11H14O4. The van der Waals surface area contributed by atoms with Crippen LogP contribution in [0.5, 0.6) is 0 Å². The second-order valence-electron chi connectivity index (χ2n) is 2.91. The fourth-order valence-electron chi connectivity index (χ4n) is 1.06. The molecule has 0 aromatic carbocycles. The molecule has 0 unspecified atom stereocenters. The zero-order chi connectivity index (χ0) is 11.3. The molecule has 0 fully saturated rings. The Morgan fingerprint density at radius 1 is 1.13 bits per heavy atom. The van der Waals surface area contributed by atoms with Gasteiger partial charge in [0, 0.05) is 14.2 Å². The number of hydrogen-bond acceptors (Lipinski definition) is 4. The topological polar surface area (TPSA) is 44.8 Å². The van der Waals surface area contributed by atoms with Gasteiger partial charge in [0.25, 0.3) is 6.29 Å². The second-order valence-corrected chi connectivity index (χ2v) is 2.91. The lowest BCUT2D eigenvalue weighted by Gasteiger charge is -2.08. The summed E-state index contributed by atoms with van der Waals surface area (Å²) in [6, 6.07) is 8.48. The Balaban J connectivity index is 0.000000158. The quantitative estimate of drug-likeness (QED) is 0.568. The van der Waals surface area contributed by atoms with Crippen LogP contribution < -0.4 is 0 Å². The van der Waals surface area contributed by atoms with Crippen molar-refractivity contribution in [1.29, 1.82) is 0 Å². The van der Waals surface area contributed by atoms with Crippen LogP contribution >= 0.6 is 0 Å². The summed E-state index contributed by atoms with van der Waals surface area (Å²) >= 11 is 0. The molecule has 2 aliphatic carbocycles. The normalized spacial score (nSPS) is 10.4. The van der Waals surface area contributed by atoms with Crippen molar-refractivity contribution in [2.24, 2.45) is 0 Å². The Kier molecular flexibility index (Phi) is 4.27. The monoisotopic (exact) mass is 210 g/mol. The molecule has 0 radical (unpaired) electrons. The molecule has 0 amide bonds. The number of benzene rings is 1. The van der Waals surface area contributed by atoms with E-state index in [1.165, 1.54) is 32.5 Å². The Hall–Kier alpha value is -1.39. The summed E-state index contributed by atoms with van der Waals surface area (Å²) in [4.78, 5) is 10.5. The fraction of sp³-hybridized carbons (Fsp3) is 0.364. The third-order valence-electron chi connectivity index (χ3n) is 1.93. The number of fused-ring (bicyclic) bond motifs is 1. The molecule has 15 heavy (non-hydrogen) atoms. The SMILES string of the molecule is COC(=O)C(OC)OC.c1cc2cc-2c1. The first kappa shape index (κ1) is 11.7. The highest BCUT2D eigenvalue weighted by molar-refractivity contribution is 5.80. The standard InChI is InChI=1S/C6H4.C5H10O4/c1-2-5-4-6(5)3-1;1-7-4(6)5(8-2)9-3/h1-4H;5H,1-3H3. The lowest BCUT2D eigenvalue weighted by molar-refractivity contribution is -0.180. The average Bonchev–Trinajstić information content (AvgIpc) is 2.88. The lowest BCUT2D eigenvalue weighted by Crippen LogP contribution is -2.25. The van der Waals surface area contributed by atoms with E-state index in [1.807, 2.05) is 0 Å². The number of rotatable bonds is 3. The first-order valence-electron chi connectivity index (χ1n) is 4.46. The van der Waals surface area contributed by atoms with Gasteiger partial charge in [-0.05, 0) is 17.2 Å². The Labute approximate surface area is 88.8 Å². The highest BCUT2D eigenvalue weighted by atomic mass is 16.7. The summed E-state index contributed by atoms with van der Waals surface area (Å²) in [5.41, 5.74) is 2.85. The van der Waals surface area contributed by atoms with E-state index in [-0.39, 0.29) is 0 Å². The Bertz CT molecular complexity index is 314. The molecule has 4 nitrogen and oxygen atoms in total. The lowest BCUT2D eigenvalue weighted by atomic mass is 10.6. The maximum atomic E-state index is 10.5. The first-order chi connectivity index (χ1) is 7.22. The van der Waals surface area contributed by atoms with E-state index in [0.717, 1.165) is 0 Å². The number of methoxy groups -OCH3 is 3. The van der Waals surface area contributed by atoms with Gasteiger partial charge in [-0.1, -0.05) is 18.2 Å². The van der Waals surface area contributed by atoms with E-state index in [4.69, 9.17) is 0 Å². The molecule has 0 aliphatic heterocycles. The number of carbonyl (C=O) groups is 1. The minimum absolute atomic E-state index is 0.528. The van der Waals surface area contributed by atoms with Crippen LogP contribution in [0, 0.1) is 0 Å². The summed E-state index contributed by atoms with van der Waals surface area (Å²) in [7, 11) is 4.00. The van der Waals surface area contributed by atoms with E-state index >= 15 is 0 Å². The predicted octanol–water partition coefficient (Wildman–Crippen LogP) is 1.45. The van der Waals surface area contributed by atoms with Gasteiger partial charge in [-0.3, -0.25) is 0 Å². The molecule has 2 aliphatic rings. The fourth-order valence-corrected chi connectivity index (χ4v) is 1.06. The van der Waals surface area contributed by atoms with Gasteiger partial charge < -0.3 is 14.2 Å². The first-order valence-corrected chi connectivity index (χ1v) is 4.46. The Morgan fingerprint density at radius 3 is 1.80 bits per heavy atom. The largest absolute Gasteiger partial charge is 0.465 e. The smallest absolute Gasteiger partial charge is 0.363 e. The van der Waals surface area contributed by atoms with Gasteiger partial charge >= 0.3 is 5.97 Å². The average molecular weight is 210 g/mol. The van der Waals surface area contributed by atoms with Gasteiger partial charge in [-0.15, -0.1) is 0 Å². The molecule has 0 aromatic heterocycles. The van der Waals surface area contributed by atoms with Crippen LogP contribution in [-0.4, -0.2) is 33.6 Å². The van der Waals surface area contributed by atoms with Gasteiger partial charge in [-0.25, -0.2) is 4.79 Å². The van der Waals surface area contributed by atoms with Gasteiger partial charge in [0.2, 0.25) is 0 Å². The maximum absolute atomic E-state index is 10.5. The summed E-state index contributed by atoms with van der Waals surface area (Å²) in [5.74, 6) is -0.528. The molecule has 0 N–H and O–H groups in total. The van der Waals surface area contributed by atoms with Gasteiger partial charge in [0.05, 0.1) is 7.11 Å². The van der Waals surface area contributed by atoms with Crippen molar-refractivity contribution in [2.75, 3.05) is 21.3 Å². The van der Waals surface area contributed by atoms with E-state index < -0.39 is 12.3 Å². The number of ether oxygens (including phenoxy) is 3. The summed E-state index contributed by atoms with van der Waals surface area (Å²) in [5, 5.41) is 0. The zero-order valence-corrected chi connectivity index (χ0v) is 9.02. The third-order valence-corrected chi connectivity index (χ3v) is 1.93. The molecular weight excluding hydrogens is 196 g/mol. The van der Waals surface area contributed by atoms with Gasteiger partial charge in [0.15, 0.2) is 0 Å². The van der Waals surface area contributed by atoms with Crippen molar-refractivity contribution >= 4 is 5.97 Å². The van der Waals surface area contributed by atoms with Crippen molar-refractivity contribution in [3.8, 4) is 11.1 Å². The summed E-state index contributed by atoms with van der Waals surface area (Å²) in [6.07, 6.45) is -0.894. The number of carbonyl (C=O) groups excluding carboxylic acids is 1. The second kappa shape index (κ2) is 5.48. The molecule has 2 rings (SSSR count). The third kappa shape index (κ3) is 3.34. The van der Waals surface area contributed by atoms with Crippen LogP contribution in [0.1, 0.15) is 0 Å². The minimum Gasteiger partial charge on any atom is -0.465 e. The molecule has 0 bridgehead atoms. The van der Waals surface area contributed by atoms with E-state index in [0.29, 0.717) is 0 Å². The molecule has 0 saturated heterocycles. The highest BCUT2D eigenvalue weighted by Gasteiger charge is 2.15.